The van der Waals surface area contributed by atoms with Gasteiger partial charge in [0.15, 0.2) is 0 Å². The molecule has 1 N–H and O–H groups in total. The number of benzene rings is 2. The molecule has 0 radical (unpaired) electrons. The summed E-state index contributed by atoms with van der Waals surface area (Å²) in [5.41, 5.74) is -0.299. The van der Waals surface area contributed by atoms with Gasteiger partial charge in [-0.1, -0.05) is 18.2 Å². The Bertz CT molecular complexity index is 1090. The second kappa shape index (κ2) is 8.99. The summed E-state index contributed by atoms with van der Waals surface area (Å²) in [6.45, 7) is 2.32. The Morgan fingerprint density at radius 2 is 1.78 bits per heavy atom. The van der Waals surface area contributed by atoms with Gasteiger partial charge in [-0.3, -0.25) is 14.3 Å². The second-order valence-corrected chi connectivity index (χ2v) is 7.44. The highest BCUT2D eigenvalue weighted by atomic mass is 19.4. The van der Waals surface area contributed by atoms with E-state index < -0.39 is 11.7 Å². The average Bonchev–Trinajstić information content (AvgIpc) is 3.24. The summed E-state index contributed by atoms with van der Waals surface area (Å²) in [7, 11) is 0. The van der Waals surface area contributed by atoms with Crippen LogP contribution in [0.5, 0.6) is 0 Å². The first-order valence-electron chi connectivity index (χ1n) is 10.0. The minimum absolute atomic E-state index is 0.0613. The van der Waals surface area contributed by atoms with Crippen LogP contribution in [0, 0.1) is 5.82 Å². The van der Waals surface area contributed by atoms with E-state index in [4.69, 9.17) is 0 Å². The van der Waals surface area contributed by atoms with E-state index in [1.165, 1.54) is 18.2 Å². The Morgan fingerprint density at radius 1 is 1.03 bits per heavy atom. The number of carbonyl (C=O) groups excluding carboxylic acids is 1. The van der Waals surface area contributed by atoms with Crippen LogP contribution in [-0.2, 0) is 11.0 Å². The first-order valence-corrected chi connectivity index (χ1v) is 10.0. The maximum atomic E-state index is 14.2. The molecule has 0 atom stereocenters. The number of nitrogens with one attached hydrogen (secondary N) is 1. The normalized spacial score (nSPS) is 15.1. The Morgan fingerprint density at radius 3 is 2.50 bits per heavy atom. The number of amides is 1. The van der Waals surface area contributed by atoms with Crippen LogP contribution in [0.4, 0.5) is 29.2 Å². The molecule has 0 aliphatic carbocycles. The lowest BCUT2D eigenvalue weighted by atomic mass is 10.2. The van der Waals surface area contributed by atoms with E-state index >= 15 is 0 Å². The molecular weight excluding hydrogens is 426 g/mol. The number of imidazole rings is 1. The van der Waals surface area contributed by atoms with Crippen molar-refractivity contribution in [3.8, 4) is 5.69 Å². The highest BCUT2D eigenvalue weighted by Gasteiger charge is 2.30. The Balaban J connectivity index is 1.34. The largest absolute Gasteiger partial charge is 0.416 e. The monoisotopic (exact) mass is 447 g/mol. The van der Waals surface area contributed by atoms with Crippen LogP contribution >= 0.6 is 0 Å². The van der Waals surface area contributed by atoms with E-state index in [-0.39, 0.29) is 24.0 Å². The third-order valence-corrected chi connectivity index (χ3v) is 5.23. The van der Waals surface area contributed by atoms with Crippen molar-refractivity contribution in [2.75, 3.05) is 42.9 Å². The first kappa shape index (κ1) is 21.8. The zero-order chi connectivity index (χ0) is 22.7. The molecule has 1 amide bonds. The molecule has 4 rings (SSSR count). The molecule has 1 aliphatic heterocycles. The minimum Gasteiger partial charge on any atom is -0.339 e. The summed E-state index contributed by atoms with van der Waals surface area (Å²) in [5.74, 6) is -0.120. The van der Waals surface area contributed by atoms with Crippen LogP contribution in [0.3, 0.4) is 0 Å². The van der Waals surface area contributed by atoms with Gasteiger partial charge in [0.05, 0.1) is 17.8 Å². The number of para-hydroxylation sites is 1. The maximum Gasteiger partial charge on any atom is 0.416 e. The van der Waals surface area contributed by atoms with Crippen LogP contribution in [0.25, 0.3) is 5.69 Å². The second-order valence-electron chi connectivity index (χ2n) is 7.44. The number of halogens is 4. The molecule has 32 heavy (non-hydrogen) atoms. The highest BCUT2D eigenvalue weighted by Crippen LogP contribution is 2.30. The SMILES string of the molecule is O=C(CN1CCN(c2nccn2-c2ccccc2F)CC1)Nc1cccc(C(F)(F)F)c1. The zero-order valence-electron chi connectivity index (χ0n) is 17.0. The molecule has 0 unspecified atom stereocenters. The van der Waals surface area contributed by atoms with Gasteiger partial charge < -0.3 is 10.2 Å². The molecular formula is C22H21F4N5O. The number of anilines is 2. The number of hydrogen-bond donors (Lipinski definition) is 1. The lowest BCUT2D eigenvalue weighted by molar-refractivity contribution is -0.137. The van der Waals surface area contributed by atoms with E-state index in [1.54, 1.807) is 35.2 Å². The molecule has 1 fully saturated rings. The van der Waals surface area contributed by atoms with Crippen molar-refractivity contribution < 1.29 is 22.4 Å². The summed E-state index contributed by atoms with van der Waals surface area (Å²) in [6, 6.07) is 11.0. The van der Waals surface area contributed by atoms with Gasteiger partial charge in [-0.2, -0.15) is 13.2 Å². The smallest absolute Gasteiger partial charge is 0.339 e. The van der Waals surface area contributed by atoms with Crippen molar-refractivity contribution in [3.05, 3.63) is 72.3 Å². The summed E-state index contributed by atoms with van der Waals surface area (Å²) in [6.07, 6.45) is -1.16. The van der Waals surface area contributed by atoms with E-state index in [9.17, 15) is 22.4 Å². The fourth-order valence-electron chi connectivity index (χ4n) is 3.65. The molecule has 3 aromatic rings. The number of nitrogens with zero attached hydrogens (tertiary/aromatic N) is 4. The van der Waals surface area contributed by atoms with Crippen molar-refractivity contribution in [2.45, 2.75) is 6.18 Å². The van der Waals surface area contributed by atoms with Gasteiger partial charge in [-0.05, 0) is 30.3 Å². The molecule has 2 heterocycles. The van der Waals surface area contributed by atoms with Gasteiger partial charge in [-0.15, -0.1) is 0 Å². The predicted molar refractivity (Wildman–Crippen MR) is 112 cm³/mol. The minimum atomic E-state index is -4.47. The Labute approximate surface area is 182 Å². The molecule has 168 valence electrons. The van der Waals surface area contributed by atoms with Crippen LogP contribution in [-0.4, -0.2) is 53.1 Å². The summed E-state index contributed by atoms with van der Waals surface area (Å²) >= 11 is 0. The third kappa shape index (κ3) is 4.91. The van der Waals surface area contributed by atoms with Crippen LogP contribution < -0.4 is 10.2 Å². The first-order chi connectivity index (χ1) is 15.3. The fourth-order valence-corrected chi connectivity index (χ4v) is 3.65. The molecule has 1 saturated heterocycles. The van der Waals surface area contributed by atoms with E-state index in [1.807, 2.05) is 9.80 Å². The fraction of sp³-hybridized carbons (Fsp3) is 0.273. The van der Waals surface area contributed by atoms with Crippen molar-refractivity contribution in [2.24, 2.45) is 0 Å². The third-order valence-electron chi connectivity index (χ3n) is 5.23. The number of rotatable bonds is 5. The molecule has 1 aliphatic rings. The van der Waals surface area contributed by atoms with Gasteiger partial charge in [0, 0.05) is 44.3 Å². The number of piperazine rings is 1. The number of hydrogen-bond acceptors (Lipinski definition) is 4. The molecule has 0 bridgehead atoms. The molecule has 1 aromatic heterocycles. The summed E-state index contributed by atoms with van der Waals surface area (Å²) in [5, 5.41) is 2.52. The van der Waals surface area contributed by atoms with Gasteiger partial charge in [0.1, 0.15) is 5.82 Å². The number of aromatic nitrogens is 2. The van der Waals surface area contributed by atoms with Crippen LogP contribution in [0.15, 0.2) is 60.9 Å². The van der Waals surface area contributed by atoms with Crippen LogP contribution in [0.1, 0.15) is 5.56 Å². The van der Waals surface area contributed by atoms with Gasteiger partial charge >= 0.3 is 6.18 Å². The Hall–Kier alpha value is -3.40. The van der Waals surface area contributed by atoms with Crippen molar-refractivity contribution in [3.63, 3.8) is 0 Å². The highest BCUT2D eigenvalue weighted by molar-refractivity contribution is 5.92. The summed E-state index contributed by atoms with van der Waals surface area (Å²) in [4.78, 5) is 20.6. The molecule has 0 saturated carbocycles. The molecule has 10 heteroatoms. The zero-order valence-corrected chi connectivity index (χ0v) is 17.0. The topological polar surface area (TPSA) is 53.4 Å². The summed E-state index contributed by atoms with van der Waals surface area (Å²) < 4.78 is 54.4. The van der Waals surface area contributed by atoms with Crippen molar-refractivity contribution in [1.82, 2.24) is 14.5 Å². The lowest BCUT2D eigenvalue weighted by Gasteiger charge is -2.35. The number of carbonyl (C=O) groups is 1. The van der Waals surface area contributed by atoms with E-state index in [2.05, 4.69) is 10.3 Å². The number of alkyl halides is 3. The average molecular weight is 447 g/mol. The Kier molecular flexibility index (Phi) is 6.13. The van der Waals surface area contributed by atoms with Gasteiger partial charge in [-0.25, -0.2) is 9.37 Å². The van der Waals surface area contributed by atoms with Crippen LogP contribution in [0.2, 0.25) is 0 Å². The maximum absolute atomic E-state index is 14.2. The molecule has 0 spiro atoms. The molecule has 6 nitrogen and oxygen atoms in total. The van der Waals surface area contributed by atoms with Gasteiger partial charge in [0.2, 0.25) is 11.9 Å². The van der Waals surface area contributed by atoms with E-state index in [0.717, 1.165) is 12.1 Å². The van der Waals surface area contributed by atoms with E-state index in [0.29, 0.717) is 37.8 Å². The quantitative estimate of drug-likeness (QED) is 0.605. The predicted octanol–water partition coefficient (Wildman–Crippen LogP) is 3.79. The van der Waals surface area contributed by atoms with Crippen molar-refractivity contribution >= 4 is 17.5 Å². The van der Waals surface area contributed by atoms with Crippen molar-refractivity contribution in [1.29, 1.82) is 0 Å². The standard InChI is InChI=1S/C22H21F4N5O/c23-18-6-1-2-7-19(18)31-9-8-27-21(31)30-12-10-29(11-13-30)15-20(32)28-17-5-3-4-16(14-17)22(24,25)26/h1-9,14H,10-13,15H2,(H,28,32). The lowest BCUT2D eigenvalue weighted by Crippen LogP contribution is -2.49. The van der Waals surface area contributed by atoms with Gasteiger partial charge in [0.25, 0.3) is 0 Å². The molecule has 2 aromatic carbocycles.